The van der Waals surface area contributed by atoms with Crippen molar-refractivity contribution in [3.05, 3.63) is 29.1 Å². The molecule has 4 heteroatoms. The molecule has 1 saturated heterocycles. The Morgan fingerprint density at radius 2 is 2.06 bits per heavy atom. The van der Waals surface area contributed by atoms with Gasteiger partial charge in [0.15, 0.2) is 0 Å². The minimum absolute atomic E-state index is 0.143. The quantitative estimate of drug-likeness (QED) is 0.793. The summed E-state index contributed by atoms with van der Waals surface area (Å²) in [5, 5.41) is 12.7. The zero-order chi connectivity index (χ0) is 11.5. The van der Waals surface area contributed by atoms with Crippen LogP contribution in [0.5, 0.6) is 5.75 Å². The van der Waals surface area contributed by atoms with E-state index >= 15 is 0 Å². The van der Waals surface area contributed by atoms with E-state index in [1.54, 1.807) is 6.92 Å². The van der Waals surface area contributed by atoms with Gasteiger partial charge >= 0.3 is 0 Å². The van der Waals surface area contributed by atoms with Crippen molar-refractivity contribution < 1.29 is 9.50 Å². The van der Waals surface area contributed by atoms with Gasteiger partial charge in [0.25, 0.3) is 0 Å². The van der Waals surface area contributed by atoms with E-state index in [4.69, 9.17) is 0 Å². The number of phenols is 1. The number of rotatable bonds is 2. The maximum atomic E-state index is 13.8. The van der Waals surface area contributed by atoms with Crippen molar-refractivity contribution in [1.29, 1.82) is 0 Å². The molecule has 0 unspecified atom stereocenters. The summed E-state index contributed by atoms with van der Waals surface area (Å²) in [7, 11) is 0. The maximum absolute atomic E-state index is 13.8. The first-order valence-corrected chi connectivity index (χ1v) is 5.58. The van der Waals surface area contributed by atoms with Crippen molar-refractivity contribution in [2.75, 3.05) is 26.2 Å². The number of hydrogen-bond acceptors (Lipinski definition) is 3. The van der Waals surface area contributed by atoms with Crippen LogP contribution in [0.15, 0.2) is 12.1 Å². The van der Waals surface area contributed by atoms with Gasteiger partial charge in [0.05, 0.1) is 0 Å². The predicted octanol–water partition coefficient (Wildman–Crippen LogP) is 1.24. The molecule has 1 aromatic carbocycles. The molecule has 0 aromatic heterocycles. The normalized spacial score (nSPS) is 17.6. The lowest BCUT2D eigenvalue weighted by Crippen LogP contribution is -2.43. The van der Waals surface area contributed by atoms with E-state index in [1.165, 1.54) is 12.1 Å². The fourth-order valence-corrected chi connectivity index (χ4v) is 2.05. The average molecular weight is 224 g/mol. The predicted molar refractivity (Wildman–Crippen MR) is 60.9 cm³/mol. The zero-order valence-corrected chi connectivity index (χ0v) is 9.46. The first-order valence-electron chi connectivity index (χ1n) is 5.58. The monoisotopic (exact) mass is 224 g/mol. The highest BCUT2D eigenvalue weighted by atomic mass is 19.1. The van der Waals surface area contributed by atoms with Crippen LogP contribution in [0.4, 0.5) is 4.39 Å². The first kappa shape index (κ1) is 11.4. The SMILES string of the molecule is Cc1cc(O)cc(CN2CCNCC2)c1F. The number of benzene rings is 1. The molecular formula is C12H17FN2O. The number of aryl methyl sites for hydroxylation is 1. The summed E-state index contributed by atoms with van der Waals surface area (Å²) in [4.78, 5) is 2.19. The highest BCUT2D eigenvalue weighted by Crippen LogP contribution is 2.21. The number of hydrogen-bond donors (Lipinski definition) is 2. The Bertz CT molecular complexity index is 376. The highest BCUT2D eigenvalue weighted by molar-refractivity contribution is 5.34. The van der Waals surface area contributed by atoms with Crippen molar-refractivity contribution in [1.82, 2.24) is 10.2 Å². The van der Waals surface area contributed by atoms with Crippen LogP contribution in [0, 0.1) is 12.7 Å². The third kappa shape index (κ3) is 2.51. The van der Waals surface area contributed by atoms with Gasteiger partial charge in [-0.3, -0.25) is 4.90 Å². The van der Waals surface area contributed by atoms with Gasteiger partial charge in [-0.05, 0) is 24.6 Å². The zero-order valence-electron chi connectivity index (χ0n) is 9.46. The highest BCUT2D eigenvalue weighted by Gasteiger charge is 2.14. The van der Waals surface area contributed by atoms with Crippen LogP contribution in [-0.4, -0.2) is 36.2 Å². The Morgan fingerprint density at radius 3 is 2.75 bits per heavy atom. The molecular weight excluding hydrogens is 207 g/mol. The smallest absolute Gasteiger partial charge is 0.130 e. The molecule has 0 amide bonds. The molecule has 0 radical (unpaired) electrons. The lowest BCUT2D eigenvalue weighted by atomic mass is 10.1. The molecule has 0 bridgehead atoms. The van der Waals surface area contributed by atoms with Gasteiger partial charge in [0.1, 0.15) is 11.6 Å². The number of halogens is 1. The fourth-order valence-electron chi connectivity index (χ4n) is 2.05. The van der Waals surface area contributed by atoms with Crippen molar-refractivity contribution in [2.45, 2.75) is 13.5 Å². The number of piperazine rings is 1. The number of aromatic hydroxyl groups is 1. The second-order valence-corrected chi connectivity index (χ2v) is 4.26. The topological polar surface area (TPSA) is 35.5 Å². The molecule has 2 rings (SSSR count). The third-order valence-electron chi connectivity index (χ3n) is 2.92. The molecule has 0 spiro atoms. The summed E-state index contributed by atoms with van der Waals surface area (Å²) in [5.41, 5.74) is 1.09. The average Bonchev–Trinajstić information content (AvgIpc) is 2.27. The van der Waals surface area contributed by atoms with Crippen LogP contribution in [0.1, 0.15) is 11.1 Å². The Balaban J connectivity index is 2.13. The van der Waals surface area contributed by atoms with E-state index in [2.05, 4.69) is 10.2 Å². The van der Waals surface area contributed by atoms with Gasteiger partial charge in [-0.25, -0.2) is 4.39 Å². The molecule has 0 saturated carbocycles. The molecule has 88 valence electrons. The Kier molecular flexibility index (Phi) is 3.41. The van der Waals surface area contributed by atoms with Crippen LogP contribution in [0.3, 0.4) is 0 Å². The van der Waals surface area contributed by atoms with Gasteiger partial charge in [-0.2, -0.15) is 0 Å². The van der Waals surface area contributed by atoms with Crippen molar-refractivity contribution in [3.8, 4) is 5.75 Å². The molecule has 1 aliphatic rings. The lowest BCUT2D eigenvalue weighted by molar-refractivity contribution is 0.230. The maximum Gasteiger partial charge on any atom is 0.130 e. The standard InChI is InChI=1S/C12H17FN2O/c1-9-6-11(16)7-10(12(9)13)8-15-4-2-14-3-5-15/h6-7,14,16H,2-5,8H2,1H3. The minimum Gasteiger partial charge on any atom is -0.508 e. The van der Waals surface area contributed by atoms with E-state index < -0.39 is 0 Å². The Hall–Kier alpha value is -1.13. The minimum atomic E-state index is -0.198. The van der Waals surface area contributed by atoms with Crippen molar-refractivity contribution in [2.24, 2.45) is 0 Å². The molecule has 0 atom stereocenters. The molecule has 3 nitrogen and oxygen atoms in total. The van der Waals surface area contributed by atoms with E-state index in [-0.39, 0.29) is 11.6 Å². The lowest BCUT2D eigenvalue weighted by Gasteiger charge is -2.27. The van der Waals surface area contributed by atoms with Gasteiger partial charge in [0, 0.05) is 38.3 Å². The Labute approximate surface area is 94.9 Å². The summed E-state index contributed by atoms with van der Waals surface area (Å²) in [6.07, 6.45) is 0. The van der Waals surface area contributed by atoms with Gasteiger partial charge < -0.3 is 10.4 Å². The summed E-state index contributed by atoms with van der Waals surface area (Å²) in [6.45, 7) is 5.99. The van der Waals surface area contributed by atoms with E-state index in [0.29, 0.717) is 17.7 Å². The second kappa shape index (κ2) is 4.80. The number of phenolic OH excluding ortho intramolecular Hbond substituents is 1. The summed E-state index contributed by atoms with van der Waals surface area (Å²) in [5.74, 6) is -0.0552. The molecule has 1 fully saturated rings. The number of nitrogens with one attached hydrogen (secondary N) is 1. The molecule has 1 aliphatic heterocycles. The van der Waals surface area contributed by atoms with Crippen molar-refractivity contribution >= 4 is 0 Å². The van der Waals surface area contributed by atoms with Crippen LogP contribution in [0.25, 0.3) is 0 Å². The van der Waals surface area contributed by atoms with Gasteiger partial charge in [-0.1, -0.05) is 0 Å². The second-order valence-electron chi connectivity index (χ2n) is 4.26. The third-order valence-corrected chi connectivity index (χ3v) is 2.92. The van der Waals surface area contributed by atoms with Crippen molar-refractivity contribution in [3.63, 3.8) is 0 Å². The molecule has 2 N–H and O–H groups in total. The largest absolute Gasteiger partial charge is 0.508 e. The first-order chi connectivity index (χ1) is 7.66. The van der Waals surface area contributed by atoms with Crippen LogP contribution >= 0.6 is 0 Å². The summed E-state index contributed by atoms with van der Waals surface area (Å²) in [6, 6.07) is 2.97. The van der Waals surface area contributed by atoms with E-state index in [9.17, 15) is 9.50 Å². The molecule has 0 aliphatic carbocycles. The van der Waals surface area contributed by atoms with Crippen LogP contribution in [0.2, 0.25) is 0 Å². The molecule has 16 heavy (non-hydrogen) atoms. The van der Waals surface area contributed by atoms with Crippen LogP contribution in [-0.2, 0) is 6.54 Å². The summed E-state index contributed by atoms with van der Waals surface area (Å²) >= 11 is 0. The van der Waals surface area contributed by atoms with E-state index in [0.717, 1.165) is 26.2 Å². The van der Waals surface area contributed by atoms with Gasteiger partial charge in [-0.15, -0.1) is 0 Å². The molecule has 1 aromatic rings. The molecule has 1 heterocycles. The van der Waals surface area contributed by atoms with E-state index in [1.807, 2.05) is 0 Å². The summed E-state index contributed by atoms with van der Waals surface area (Å²) < 4.78 is 13.8. The Morgan fingerprint density at radius 1 is 1.38 bits per heavy atom. The van der Waals surface area contributed by atoms with Gasteiger partial charge in [0.2, 0.25) is 0 Å². The van der Waals surface area contributed by atoms with Crippen LogP contribution < -0.4 is 5.32 Å². The fraction of sp³-hybridized carbons (Fsp3) is 0.500. The number of nitrogens with zero attached hydrogens (tertiary/aromatic N) is 1.